The van der Waals surface area contributed by atoms with Crippen molar-refractivity contribution in [1.82, 2.24) is 4.37 Å². The summed E-state index contributed by atoms with van der Waals surface area (Å²) in [5.74, 6) is -0.850. The second-order valence-electron chi connectivity index (χ2n) is 3.12. The Bertz CT molecular complexity index is 416. The van der Waals surface area contributed by atoms with Crippen molar-refractivity contribution in [2.75, 3.05) is 25.6 Å². The maximum absolute atomic E-state index is 11.6. The highest BCUT2D eigenvalue weighted by atomic mass is 32.1. The van der Waals surface area contributed by atoms with Gasteiger partial charge in [0.1, 0.15) is 17.1 Å². The summed E-state index contributed by atoms with van der Waals surface area (Å²) in [6, 6.07) is 0. The summed E-state index contributed by atoms with van der Waals surface area (Å²) in [7, 11) is 1.30. The van der Waals surface area contributed by atoms with E-state index in [0.29, 0.717) is 22.9 Å². The largest absolute Gasteiger partial charge is 0.468 e. The Labute approximate surface area is 103 Å². The van der Waals surface area contributed by atoms with Gasteiger partial charge in [-0.15, -0.1) is 0 Å². The van der Waals surface area contributed by atoms with Crippen LogP contribution in [-0.4, -0.2) is 36.6 Å². The highest BCUT2D eigenvalue weighted by molar-refractivity contribution is 7.10. The molecule has 1 heterocycles. The number of esters is 2. The average molecular weight is 258 g/mol. The van der Waals surface area contributed by atoms with Gasteiger partial charge in [-0.3, -0.25) is 4.79 Å². The Kier molecular flexibility index (Phi) is 4.89. The fourth-order valence-corrected chi connectivity index (χ4v) is 1.94. The van der Waals surface area contributed by atoms with Gasteiger partial charge in [0, 0.05) is 0 Å². The van der Waals surface area contributed by atoms with Crippen LogP contribution in [0.15, 0.2) is 0 Å². The van der Waals surface area contributed by atoms with Crippen LogP contribution in [-0.2, 0) is 14.3 Å². The van der Waals surface area contributed by atoms with Gasteiger partial charge in [0.15, 0.2) is 0 Å². The van der Waals surface area contributed by atoms with E-state index in [9.17, 15) is 9.59 Å². The van der Waals surface area contributed by atoms with Crippen LogP contribution in [0.1, 0.15) is 23.0 Å². The first kappa shape index (κ1) is 13.4. The van der Waals surface area contributed by atoms with Gasteiger partial charge in [-0.05, 0) is 25.4 Å². The lowest BCUT2D eigenvalue weighted by molar-refractivity contribution is -0.138. The van der Waals surface area contributed by atoms with Gasteiger partial charge < -0.3 is 14.8 Å². The molecule has 0 atom stereocenters. The fraction of sp³-hybridized carbons (Fsp3) is 0.500. The zero-order valence-electron chi connectivity index (χ0n) is 9.90. The van der Waals surface area contributed by atoms with Crippen molar-refractivity contribution >= 4 is 28.5 Å². The third kappa shape index (κ3) is 3.42. The van der Waals surface area contributed by atoms with Crippen molar-refractivity contribution in [3.8, 4) is 0 Å². The maximum atomic E-state index is 11.6. The molecule has 0 unspecified atom stereocenters. The third-order valence-electron chi connectivity index (χ3n) is 1.96. The summed E-state index contributed by atoms with van der Waals surface area (Å²) in [5.41, 5.74) is 0.960. The summed E-state index contributed by atoms with van der Waals surface area (Å²) in [6.07, 6.45) is 0. The molecule has 0 aliphatic carbocycles. The van der Waals surface area contributed by atoms with Crippen LogP contribution in [0, 0.1) is 6.92 Å². The van der Waals surface area contributed by atoms with Crippen LogP contribution >= 0.6 is 11.5 Å². The van der Waals surface area contributed by atoms with E-state index in [2.05, 4.69) is 14.4 Å². The second-order valence-corrected chi connectivity index (χ2v) is 3.90. The van der Waals surface area contributed by atoms with Gasteiger partial charge in [0.25, 0.3) is 0 Å². The number of aromatic nitrogens is 1. The molecule has 6 nitrogen and oxygen atoms in total. The van der Waals surface area contributed by atoms with Crippen LogP contribution in [0.3, 0.4) is 0 Å². The first-order valence-corrected chi connectivity index (χ1v) is 5.81. The zero-order valence-corrected chi connectivity index (χ0v) is 10.7. The summed E-state index contributed by atoms with van der Waals surface area (Å²) < 4.78 is 13.5. The minimum absolute atomic E-state index is 0.00939. The fourth-order valence-electron chi connectivity index (χ4n) is 1.16. The maximum Gasteiger partial charge on any atom is 0.343 e. The molecule has 17 heavy (non-hydrogen) atoms. The molecule has 7 heteroatoms. The van der Waals surface area contributed by atoms with Crippen molar-refractivity contribution in [2.24, 2.45) is 0 Å². The lowest BCUT2D eigenvalue weighted by Gasteiger charge is -2.05. The summed E-state index contributed by atoms with van der Waals surface area (Å²) >= 11 is 1.11. The van der Waals surface area contributed by atoms with E-state index in [4.69, 9.17) is 4.74 Å². The van der Waals surface area contributed by atoms with Crippen molar-refractivity contribution in [1.29, 1.82) is 0 Å². The van der Waals surface area contributed by atoms with E-state index in [1.54, 1.807) is 13.8 Å². The number of nitrogens with zero attached hydrogens (tertiary/aromatic N) is 1. The number of carbonyl (C=O) groups is 2. The Morgan fingerprint density at radius 1 is 1.47 bits per heavy atom. The summed E-state index contributed by atoms with van der Waals surface area (Å²) in [5, 5.41) is 3.32. The van der Waals surface area contributed by atoms with E-state index in [-0.39, 0.29) is 6.54 Å². The normalized spacial score (nSPS) is 9.82. The molecule has 0 spiro atoms. The smallest absolute Gasteiger partial charge is 0.343 e. The minimum atomic E-state index is -0.439. The number of methoxy groups -OCH3 is 1. The first-order chi connectivity index (χ1) is 8.10. The number of hydrogen-bond acceptors (Lipinski definition) is 7. The molecule has 1 aromatic heterocycles. The average Bonchev–Trinajstić information content (AvgIpc) is 2.67. The molecule has 1 N–H and O–H groups in total. The van der Waals surface area contributed by atoms with Gasteiger partial charge in [-0.25, -0.2) is 4.79 Å². The molecule has 0 saturated carbocycles. The van der Waals surface area contributed by atoms with Crippen molar-refractivity contribution in [3.05, 3.63) is 11.3 Å². The molecule has 0 bridgehead atoms. The number of carbonyl (C=O) groups excluding carboxylic acids is 2. The van der Waals surface area contributed by atoms with Gasteiger partial charge in [-0.1, -0.05) is 0 Å². The predicted octanol–water partition coefficient (Wildman–Crippen LogP) is 1.21. The van der Waals surface area contributed by atoms with Crippen molar-refractivity contribution in [3.63, 3.8) is 0 Å². The lowest BCUT2D eigenvalue weighted by Crippen LogP contribution is -2.16. The van der Waals surface area contributed by atoms with E-state index in [1.165, 1.54) is 7.11 Å². The minimum Gasteiger partial charge on any atom is -0.468 e. The molecule has 0 aliphatic heterocycles. The van der Waals surface area contributed by atoms with Gasteiger partial charge in [0.05, 0.1) is 19.4 Å². The van der Waals surface area contributed by atoms with E-state index in [1.807, 2.05) is 0 Å². The van der Waals surface area contributed by atoms with Crippen molar-refractivity contribution in [2.45, 2.75) is 13.8 Å². The summed E-state index contributed by atoms with van der Waals surface area (Å²) in [6.45, 7) is 3.73. The Morgan fingerprint density at radius 2 is 2.18 bits per heavy atom. The third-order valence-corrected chi connectivity index (χ3v) is 2.86. The number of hydrogen-bond donors (Lipinski definition) is 1. The molecule has 94 valence electrons. The van der Waals surface area contributed by atoms with Crippen LogP contribution in [0.25, 0.3) is 0 Å². The molecule has 0 saturated heterocycles. The van der Waals surface area contributed by atoms with Crippen LogP contribution in [0.4, 0.5) is 5.00 Å². The monoisotopic (exact) mass is 258 g/mol. The SMILES string of the molecule is CCOC(=O)c1c(C)nsc1NCC(=O)OC. The van der Waals surface area contributed by atoms with Crippen LogP contribution in [0.5, 0.6) is 0 Å². The molecule has 0 fully saturated rings. The number of ether oxygens (including phenoxy) is 2. The molecule has 0 aromatic carbocycles. The molecule has 0 amide bonds. The zero-order chi connectivity index (χ0) is 12.8. The molecule has 1 aromatic rings. The molecule has 0 aliphatic rings. The Balaban J connectivity index is 2.79. The topological polar surface area (TPSA) is 77.5 Å². The molecule has 1 rings (SSSR count). The summed E-state index contributed by atoms with van der Waals surface area (Å²) in [4.78, 5) is 22.6. The quantitative estimate of drug-likeness (QED) is 0.800. The second kappa shape index (κ2) is 6.19. The van der Waals surface area contributed by atoms with Gasteiger partial charge >= 0.3 is 11.9 Å². The van der Waals surface area contributed by atoms with Crippen LogP contribution in [0.2, 0.25) is 0 Å². The molecule has 0 radical (unpaired) electrons. The van der Waals surface area contributed by atoms with E-state index < -0.39 is 11.9 Å². The van der Waals surface area contributed by atoms with Gasteiger partial charge in [-0.2, -0.15) is 4.37 Å². The Morgan fingerprint density at radius 3 is 2.76 bits per heavy atom. The highest BCUT2D eigenvalue weighted by Gasteiger charge is 2.19. The van der Waals surface area contributed by atoms with E-state index in [0.717, 1.165) is 11.5 Å². The predicted molar refractivity (Wildman–Crippen MR) is 63.3 cm³/mol. The lowest BCUT2D eigenvalue weighted by atomic mass is 10.2. The van der Waals surface area contributed by atoms with Gasteiger partial charge in [0.2, 0.25) is 0 Å². The first-order valence-electron chi connectivity index (χ1n) is 5.04. The van der Waals surface area contributed by atoms with Crippen molar-refractivity contribution < 1.29 is 19.1 Å². The number of aryl methyl sites for hydroxylation is 1. The standard InChI is InChI=1S/C10H14N2O4S/c1-4-16-10(14)8-6(2)12-17-9(8)11-5-7(13)15-3/h11H,4-5H2,1-3H3. The molecular weight excluding hydrogens is 244 g/mol. The highest BCUT2D eigenvalue weighted by Crippen LogP contribution is 2.25. The molecular formula is C10H14N2O4S. The number of rotatable bonds is 5. The van der Waals surface area contributed by atoms with E-state index >= 15 is 0 Å². The van der Waals surface area contributed by atoms with Crippen LogP contribution < -0.4 is 5.32 Å². The number of nitrogens with one attached hydrogen (secondary N) is 1. The Hall–Kier alpha value is -1.63. The number of anilines is 1.